The predicted molar refractivity (Wildman–Crippen MR) is 114 cm³/mol. The average Bonchev–Trinajstić information content (AvgIpc) is 2.75. The highest BCUT2D eigenvalue weighted by molar-refractivity contribution is 5.79. The second kappa shape index (κ2) is 8.54. The first kappa shape index (κ1) is 19.9. The van der Waals surface area contributed by atoms with Crippen LogP contribution in [0.3, 0.4) is 0 Å². The molecule has 2 aliphatic heterocycles. The van der Waals surface area contributed by atoms with Gasteiger partial charge in [-0.2, -0.15) is 0 Å². The lowest BCUT2D eigenvalue weighted by Crippen LogP contribution is -2.46. The monoisotopic (exact) mass is 393 g/mol. The topological polar surface area (TPSA) is 45.7 Å². The molecule has 0 radical (unpaired) electrons. The summed E-state index contributed by atoms with van der Waals surface area (Å²) >= 11 is 0. The van der Waals surface area contributed by atoms with E-state index in [1.54, 1.807) is 7.11 Å². The Morgan fingerprint density at radius 3 is 2.79 bits per heavy atom. The molecule has 1 fully saturated rings. The molecule has 0 saturated carbocycles. The largest absolute Gasteiger partial charge is 0.496 e. The Kier molecular flexibility index (Phi) is 5.86. The lowest BCUT2D eigenvalue weighted by Gasteiger charge is -2.36. The van der Waals surface area contributed by atoms with Crippen LogP contribution in [0.1, 0.15) is 40.8 Å². The van der Waals surface area contributed by atoms with Gasteiger partial charge >= 0.3 is 0 Å². The summed E-state index contributed by atoms with van der Waals surface area (Å²) in [4.78, 5) is 22.3. The van der Waals surface area contributed by atoms with Crippen molar-refractivity contribution in [1.29, 1.82) is 0 Å². The van der Waals surface area contributed by atoms with Gasteiger partial charge in [-0.25, -0.2) is 0 Å². The lowest BCUT2D eigenvalue weighted by atomic mass is 9.93. The minimum absolute atomic E-state index is 0.0849. The van der Waals surface area contributed by atoms with Crippen molar-refractivity contribution >= 4 is 5.91 Å². The number of ether oxygens (including phenoxy) is 1. The average molecular weight is 394 g/mol. The van der Waals surface area contributed by atoms with Gasteiger partial charge in [0.25, 0.3) is 0 Å². The van der Waals surface area contributed by atoms with Crippen molar-refractivity contribution in [2.45, 2.75) is 46.2 Å². The highest BCUT2D eigenvalue weighted by Gasteiger charge is 2.31. The number of hydrogen-bond acceptors (Lipinski definition) is 4. The molecule has 5 nitrogen and oxygen atoms in total. The van der Waals surface area contributed by atoms with Gasteiger partial charge in [-0.05, 0) is 50.8 Å². The van der Waals surface area contributed by atoms with Gasteiger partial charge in [0.1, 0.15) is 5.75 Å². The van der Waals surface area contributed by atoms with Crippen molar-refractivity contribution in [3.63, 3.8) is 0 Å². The second-order valence-electron chi connectivity index (χ2n) is 8.40. The normalized spacial score (nSPS) is 19.7. The fourth-order valence-corrected chi connectivity index (χ4v) is 4.79. The molecular weight excluding hydrogens is 362 g/mol. The molecule has 2 aromatic rings. The van der Waals surface area contributed by atoms with Gasteiger partial charge in [0, 0.05) is 43.5 Å². The number of hydrogen-bond donors (Lipinski definition) is 0. The molecule has 4 rings (SSSR count). The van der Waals surface area contributed by atoms with Gasteiger partial charge in [0.2, 0.25) is 5.91 Å². The number of carbonyl (C=O) groups excluding carboxylic acids is 1. The fraction of sp³-hybridized carbons (Fsp3) is 0.500. The van der Waals surface area contributed by atoms with E-state index in [-0.39, 0.29) is 5.92 Å². The molecule has 29 heavy (non-hydrogen) atoms. The molecule has 0 N–H and O–H groups in total. The summed E-state index contributed by atoms with van der Waals surface area (Å²) < 4.78 is 5.55. The SMILES string of the molecule is COc1c(C)cnc(CN2CCCC(C(=O)N3CCc4ccccc4C3)C2)c1C. The quantitative estimate of drug-likeness (QED) is 0.798. The standard InChI is InChI=1S/C24H31N3O2/c1-17-13-25-22(18(2)23(17)29-3)16-26-11-6-9-21(14-26)24(28)27-12-10-19-7-4-5-8-20(19)15-27/h4-5,7-8,13,21H,6,9-12,14-16H2,1-3H3. The molecule has 0 spiro atoms. The Morgan fingerprint density at radius 2 is 2.00 bits per heavy atom. The molecule has 0 aliphatic carbocycles. The Morgan fingerprint density at radius 1 is 1.21 bits per heavy atom. The maximum Gasteiger partial charge on any atom is 0.227 e. The Balaban J connectivity index is 1.42. The van der Waals surface area contributed by atoms with Crippen molar-refractivity contribution in [2.75, 3.05) is 26.7 Å². The van der Waals surface area contributed by atoms with E-state index in [1.165, 1.54) is 11.1 Å². The van der Waals surface area contributed by atoms with E-state index in [9.17, 15) is 4.79 Å². The fourth-order valence-electron chi connectivity index (χ4n) is 4.79. The number of aromatic nitrogens is 1. The van der Waals surface area contributed by atoms with Crippen LogP contribution in [-0.4, -0.2) is 47.4 Å². The number of pyridine rings is 1. The lowest BCUT2D eigenvalue weighted by molar-refractivity contribution is -0.138. The number of benzene rings is 1. The number of carbonyl (C=O) groups is 1. The molecule has 5 heteroatoms. The van der Waals surface area contributed by atoms with E-state index < -0.39 is 0 Å². The van der Waals surface area contributed by atoms with E-state index in [0.717, 1.165) is 74.6 Å². The van der Waals surface area contributed by atoms with Crippen molar-refractivity contribution in [3.8, 4) is 5.75 Å². The number of piperidine rings is 1. The van der Waals surface area contributed by atoms with Crippen LogP contribution in [-0.2, 0) is 24.3 Å². The van der Waals surface area contributed by atoms with Gasteiger partial charge in [-0.3, -0.25) is 14.7 Å². The molecule has 3 heterocycles. The van der Waals surface area contributed by atoms with Crippen molar-refractivity contribution in [2.24, 2.45) is 5.92 Å². The van der Waals surface area contributed by atoms with E-state index in [2.05, 4.69) is 46.0 Å². The maximum atomic E-state index is 13.2. The van der Waals surface area contributed by atoms with Crippen LogP contribution in [0.15, 0.2) is 30.5 Å². The van der Waals surface area contributed by atoms with Crippen molar-refractivity contribution in [3.05, 3.63) is 58.4 Å². The van der Waals surface area contributed by atoms with Gasteiger partial charge < -0.3 is 9.64 Å². The first-order valence-electron chi connectivity index (χ1n) is 10.6. The zero-order valence-corrected chi connectivity index (χ0v) is 17.8. The molecule has 1 aromatic heterocycles. The minimum Gasteiger partial charge on any atom is -0.496 e. The van der Waals surface area contributed by atoms with Gasteiger partial charge in [-0.15, -0.1) is 0 Å². The molecular formula is C24H31N3O2. The molecule has 0 bridgehead atoms. The summed E-state index contributed by atoms with van der Waals surface area (Å²) in [6.07, 6.45) is 4.89. The zero-order chi connectivity index (χ0) is 20.4. The summed E-state index contributed by atoms with van der Waals surface area (Å²) in [6.45, 7) is 8.29. The van der Waals surface area contributed by atoms with Crippen LogP contribution in [0.4, 0.5) is 0 Å². The minimum atomic E-state index is 0.0849. The van der Waals surface area contributed by atoms with E-state index in [1.807, 2.05) is 13.1 Å². The van der Waals surface area contributed by atoms with Gasteiger partial charge in [0.15, 0.2) is 0 Å². The van der Waals surface area contributed by atoms with Crippen LogP contribution in [0.2, 0.25) is 0 Å². The third-order valence-electron chi connectivity index (χ3n) is 6.42. The number of aryl methyl sites for hydroxylation is 1. The van der Waals surface area contributed by atoms with Crippen LogP contribution >= 0.6 is 0 Å². The summed E-state index contributed by atoms with van der Waals surface area (Å²) in [6, 6.07) is 8.50. The molecule has 1 saturated heterocycles. The number of methoxy groups -OCH3 is 1. The number of nitrogens with zero attached hydrogens (tertiary/aromatic N) is 3. The van der Waals surface area contributed by atoms with Crippen LogP contribution in [0.5, 0.6) is 5.75 Å². The first-order valence-corrected chi connectivity index (χ1v) is 10.6. The summed E-state index contributed by atoms with van der Waals surface area (Å²) in [7, 11) is 1.71. The van der Waals surface area contributed by atoms with E-state index in [4.69, 9.17) is 4.74 Å². The molecule has 1 atom stereocenters. The molecule has 1 amide bonds. The number of likely N-dealkylation sites (tertiary alicyclic amines) is 1. The van der Waals surface area contributed by atoms with E-state index in [0.29, 0.717) is 5.91 Å². The number of fused-ring (bicyclic) bond motifs is 1. The summed E-state index contributed by atoms with van der Waals surface area (Å²) in [5, 5.41) is 0. The number of rotatable bonds is 4. The van der Waals surface area contributed by atoms with Crippen molar-refractivity contribution in [1.82, 2.24) is 14.8 Å². The van der Waals surface area contributed by atoms with Crippen LogP contribution in [0.25, 0.3) is 0 Å². The van der Waals surface area contributed by atoms with Crippen molar-refractivity contribution < 1.29 is 9.53 Å². The number of amides is 1. The van der Waals surface area contributed by atoms with Gasteiger partial charge in [0.05, 0.1) is 18.7 Å². The molecule has 1 aromatic carbocycles. The second-order valence-corrected chi connectivity index (χ2v) is 8.40. The molecule has 1 unspecified atom stereocenters. The molecule has 2 aliphatic rings. The summed E-state index contributed by atoms with van der Waals surface area (Å²) in [5.74, 6) is 1.32. The Labute approximate surface area is 173 Å². The smallest absolute Gasteiger partial charge is 0.227 e. The Hall–Kier alpha value is -2.40. The maximum absolute atomic E-state index is 13.2. The molecule has 154 valence electrons. The highest BCUT2D eigenvalue weighted by atomic mass is 16.5. The first-order chi connectivity index (χ1) is 14.1. The Bertz CT molecular complexity index is 896. The third kappa shape index (κ3) is 4.15. The third-order valence-corrected chi connectivity index (χ3v) is 6.42. The van der Waals surface area contributed by atoms with Crippen LogP contribution in [0, 0.1) is 19.8 Å². The van der Waals surface area contributed by atoms with E-state index >= 15 is 0 Å². The summed E-state index contributed by atoms with van der Waals surface area (Å²) in [5.41, 5.74) is 5.90. The van der Waals surface area contributed by atoms with Gasteiger partial charge in [-0.1, -0.05) is 24.3 Å². The predicted octanol–water partition coefficient (Wildman–Crippen LogP) is 3.50. The zero-order valence-electron chi connectivity index (χ0n) is 17.8. The highest BCUT2D eigenvalue weighted by Crippen LogP contribution is 2.28. The van der Waals surface area contributed by atoms with Crippen LogP contribution < -0.4 is 4.74 Å².